The summed E-state index contributed by atoms with van der Waals surface area (Å²) in [6, 6.07) is 9.58. The standard InChI is InChI=1S/C14H13BN3O2.H2O/c1-20-14-12-8-17-18(13(12)6-7-16-14)9-10-2-4-11(15-19)5-3-10;/h2-8,19H,9H2,1H3;1H2. The van der Waals surface area contributed by atoms with Gasteiger partial charge in [0.1, 0.15) is 0 Å². The van der Waals surface area contributed by atoms with Crippen LogP contribution in [0.1, 0.15) is 5.56 Å². The Kier molecular flexibility index (Phi) is 4.57. The lowest BCUT2D eigenvalue weighted by atomic mass is 9.88. The maximum atomic E-state index is 8.92. The van der Waals surface area contributed by atoms with Crippen molar-refractivity contribution in [1.82, 2.24) is 14.8 Å². The second-order valence-electron chi connectivity index (χ2n) is 4.43. The Labute approximate surface area is 122 Å². The van der Waals surface area contributed by atoms with E-state index in [1.54, 1.807) is 19.5 Å². The van der Waals surface area contributed by atoms with Crippen molar-refractivity contribution in [3.8, 4) is 5.88 Å². The third-order valence-corrected chi connectivity index (χ3v) is 3.19. The summed E-state index contributed by atoms with van der Waals surface area (Å²) in [5.41, 5.74) is 2.87. The Morgan fingerprint density at radius 1 is 1.24 bits per heavy atom. The van der Waals surface area contributed by atoms with Gasteiger partial charge in [-0.25, -0.2) is 4.98 Å². The molecule has 0 aliphatic rings. The SMILES string of the molecule is COc1nccc2c1cnn2Cc1ccc([B]O)cc1.O. The molecule has 0 aliphatic heterocycles. The van der Waals surface area contributed by atoms with Crippen molar-refractivity contribution in [2.75, 3.05) is 7.11 Å². The highest BCUT2D eigenvalue weighted by atomic mass is 16.5. The first kappa shape index (κ1) is 15.0. The zero-order chi connectivity index (χ0) is 13.9. The summed E-state index contributed by atoms with van der Waals surface area (Å²) in [5, 5.41) is 14.2. The number of rotatable bonds is 4. The van der Waals surface area contributed by atoms with Gasteiger partial charge in [0, 0.05) is 6.20 Å². The van der Waals surface area contributed by atoms with Crippen molar-refractivity contribution in [1.29, 1.82) is 0 Å². The van der Waals surface area contributed by atoms with Crippen LogP contribution in [-0.4, -0.2) is 39.9 Å². The first-order valence-electron chi connectivity index (χ1n) is 6.22. The van der Waals surface area contributed by atoms with Crippen LogP contribution >= 0.6 is 0 Å². The Balaban J connectivity index is 0.00000161. The minimum atomic E-state index is 0. The molecular weight excluding hydrogens is 269 g/mol. The molecule has 3 N–H and O–H groups in total. The molecule has 0 saturated carbocycles. The van der Waals surface area contributed by atoms with Gasteiger partial charge in [0.25, 0.3) is 0 Å². The summed E-state index contributed by atoms with van der Waals surface area (Å²) >= 11 is 0. The van der Waals surface area contributed by atoms with Gasteiger partial charge in [0.2, 0.25) is 5.88 Å². The molecule has 3 rings (SSSR count). The van der Waals surface area contributed by atoms with E-state index >= 15 is 0 Å². The topological polar surface area (TPSA) is 91.7 Å². The molecular formula is C14H15BN3O3. The van der Waals surface area contributed by atoms with Crippen LogP contribution in [0.15, 0.2) is 42.7 Å². The number of nitrogens with zero attached hydrogens (tertiary/aromatic N) is 3. The van der Waals surface area contributed by atoms with E-state index in [1.165, 1.54) is 0 Å². The number of methoxy groups -OCH3 is 1. The van der Waals surface area contributed by atoms with Crippen molar-refractivity contribution in [3.05, 3.63) is 48.3 Å². The predicted molar refractivity (Wildman–Crippen MR) is 80.8 cm³/mol. The fourth-order valence-corrected chi connectivity index (χ4v) is 2.15. The van der Waals surface area contributed by atoms with Gasteiger partial charge in [-0.05, 0) is 11.6 Å². The van der Waals surface area contributed by atoms with Crippen LogP contribution in [0.4, 0.5) is 0 Å². The third-order valence-electron chi connectivity index (χ3n) is 3.19. The molecule has 1 aromatic carbocycles. The van der Waals surface area contributed by atoms with Gasteiger partial charge in [-0.3, -0.25) is 4.68 Å². The van der Waals surface area contributed by atoms with Crippen LogP contribution in [0.2, 0.25) is 0 Å². The lowest BCUT2D eigenvalue weighted by molar-refractivity contribution is 0.403. The smallest absolute Gasteiger partial charge is 0.326 e. The highest BCUT2D eigenvalue weighted by Crippen LogP contribution is 2.22. The van der Waals surface area contributed by atoms with Gasteiger partial charge in [-0.15, -0.1) is 0 Å². The third kappa shape index (κ3) is 2.88. The molecule has 21 heavy (non-hydrogen) atoms. The second kappa shape index (κ2) is 6.38. The van der Waals surface area contributed by atoms with E-state index in [9.17, 15) is 0 Å². The van der Waals surface area contributed by atoms with Crippen molar-refractivity contribution >= 4 is 23.8 Å². The minimum Gasteiger partial charge on any atom is -0.480 e. The van der Waals surface area contributed by atoms with Crippen LogP contribution in [-0.2, 0) is 6.54 Å². The molecule has 6 nitrogen and oxygen atoms in total. The summed E-state index contributed by atoms with van der Waals surface area (Å²) in [5.74, 6) is 0.582. The molecule has 7 heteroatoms. The van der Waals surface area contributed by atoms with Gasteiger partial charge >= 0.3 is 7.48 Å². The van der Waals surface area contributed by atoms with Gasteiger partial charge in [0.05, 0.1) is 30.8 Å². The number of ether oxygens (including phenoxy) is 1. The molecule has 2 aromatic heterocycles. The van der Waals surface area contributed by atoms with Crippen molar-refractivity contribution < 1.29 is 15.2 Å². The summed E-state index contributed by atoms with van der Waals surface area (Å²) in [6.45, 7) is 0.655. The van der Waals surface area contributed by atoms with E-state index in [1.807, 2.05) is 35.0 Å². The quantitative estimate of drug-likeness (QED) is 0.677. The molecule has 0 saturated heterocycles. The van der Waals surface area contributed by atoms with Crippen molar-refractivity contribution in [3.63, 3.8) is 0 Å². The largest absolute Gasteiger partial charge is 0.480 e. The lowest BCUT2D eigenvalue weighted by Crippen LogP contribution is -2.13. The number of benzene rings is 1. The lowest BCUT2D eigenvalue weighted by Gasteiger charge is -2.05. The van der Waals surface area contributed by atoms with Gasteiger partial charge in [0.15, 0.2) is 0 Å². The maximum absolute atomic E-state index is 8.92. The number of pyridine rings is 1. The van der Waals surface area contributed by atoms with E-state index < -0.39 is 0 Å². The molecule has 0 atom stereocenters. The fourth-order valence-electron chi connectivity index (χ4n) is 2.15. The molecule has 1 radical (unpaired) electrons. The van der Waals surface area contributed by atoms with E-state index in [0.29, 0.717) is 12.4 Å². The minimum absolute atomic E-state index is 0. The normalized spacial score (nSPS) is 10.2. The Bertz CT molecular complexity index is 728. The summed E-state index contributed by atoms with van der Waals surface area (Å²) in [6.07, 6.45) is 3.47. The number of aromatic nitrogens is 3. The van der Waals surface area contributed by atoms with E-state index in [0.717, 1.165) is 29.4 Å². The Morgan fingerprint density at radius 3 is 2.67 bits per heavy atom. The van der Waals surface area contributed by atoms with Crippen LogP contribution in [0.25, 0.3) is 10.9 Å². The Hall–Kier alpha value is -2.38. The summed E-state index contributed by atoms with van der Waals surface area (Å²) in [7, 11) is 2.69. The van der Waals surface area contributed by atoms with Gasteiger partial charge in [-0.2, -0.15) is 5.10 Å². The van der Waals surface area contributed by atoms with Crippen molar-refractivity contribution in [2.45, 2.75) is 6.54 Å². The van der Waals surface area contributed by atoms with E-state index in [-0.39, 0.29) is 5.48 Å². The molecule has 0 unspecified atom stereocenters. The monoisotopic (exact) mass is 284 g/mol. The van der Waals surface area contributed by atoms with Crippen LogP contribution in [0.3, 0.4) is 0 Å². The fraction of sp³-hybridized carbons (Fsp3) is 0.143. The van der Waals surface area contributed by atoms with E-state index in [2.05, 4.69) is 10.1 Å². The molecule has 0 bridgehead atoms. The summed E-state index contributed by atoms with van der Waals surface area (Å²) < 4.78 is 7.12. The van der Waals surface area contributed by atoms with Gasteiger partial charge < -0.3 is 15.2 Å². The first-order chi connectivity index (χ1) is 9.81. The van der Waals surface area contributed by atoms with Gasteiger partial charge in [-0.1, -0.05) is 29.7 Å². The average Bonchev–Trinajstić information content (AvgIpc) is 2.91. The molecule has 0 aliphatic carbocycles. The molecule has 0 amide bonds. The predicted octanol–water partition coefficient (Wildman–Crippen LogP) is -0.0997. The molecule has 0 fully saturated rings. The van der Waals surface area contributed by atoms with Crippen LogP contribution in [0.5, 0.6) is 5.88 Å². The zero-order valence-electron chi connectivity index (χ0n) is 11.5. The first-order valence-corrected chi connectivity index (χ1v) is 6.22. The molecule has 0 spiro atoms. The number of fused-ring (bicyclic) bond motifs is 1. The van der Waals surface area contributed by atoms with Crippen molar-refractivity contribution in [2.24, 2.45) is 0 Å². The summed E-state index contributed by atoms with van der Waals surface area (Å²) in [4.78, 5) is 4.16. The highest BCUT2D eigenvalue weighted by molar-refractivity contribution is 6.45. The van der Waals surface area contributed by atoms with Crippen LogP contribution < -0.4 is 10.2 Å². The highest BCUT2D eigenvalue weighted by Gasteiger charge is 2.08. The number of hydrogen-bond donors (Lipinski definition) is 1. The molecule has 107 valence electrons. The van der Waals surface area contributed by atoms with Crippen LogP contribution in [0, 0.1) is 0 Å². The average molecular weight is 284 g/mol. The zero-order valence-corrected chi connectivity index (χ0v) is 11.5. The molecule has 2 heterocycles. The molecule has 3 aromatic rings. The number of hydrogen-bond acceptors (Lipinski definition) is 4. The van der Waals surface area contributed by atoms with E-state index in [4.69, 9.17) is 9.76 Å². The second-order valence-corrected chi connectivity index (χ2v) is 4.43. The maximum Gasteiger partial charge on any atom is 0.326 e. The Morgan fingerprint density at radius 2 is 2.00 bits per heavy atom.